The van der Waals surface area contributed by atoms with E-state index in [4.69, 9.17) is 0 Å². The van der Waals surface area contributed by atoms with Crippen molar-refractivity contribution in [1.29, 1.82) is 0 Å². The van der Waals surface area contributed by atoms with Gasteiger partial charge in [-0.1, -0.05) is 97.1 Å². The van der Waals surface area contributed by atoms with E-state index in [0.29, 0.717) is 11.8 Å². The Labute approximate surface area is 157 Å². The van der Waals surface area contributed by atoms with Gasteiger partial charge in [0.2, 0.25) is 0 Å². The van der Waals surface area contributed by atoms with E-state index in [1.165, 1.54) is 22.3 Å². The van der Waals surface area contributed by atoms with Crippen LogP contribution in [0, 0.1) is 0 Å². The number of allylic oxidation sites excluding steroid dienone is 2. The van der Waals surface area contributed by atoms with Crippen molar-refractivity contribution >= 4 is 0 Å². The molecule has 3 aromatic carbocycles. The molecule has 2 aliphatic rings. The Kier molecular flexibility index (Phi) is 5.30. The lowest BCUT2D eigenvalue weighted by Gasteiger charge is -2.19. The zero-order valence-electron chi connectivity index (χ0n) is 15.2. The van der Waals surface area contributed by atoms with E-state index in [1.807, 2.05) is 0 Å². The Balaban J connectivity index is 1.68. The van der Waals surface area contributed by atoms with Crippen LogP contribution >= 0.6 is 0 Å². The first-order valence-electron chi connectivity index (χ1n) is 9.74. The second kappa shape index (κ2) is 8.19. The van der Waals surface area contributed by atoms with E-state index < -0.39 is 0 Å². The largest absolute Gasteiger partial charge is 0.0804 e. The lowest BCUT2D eigenvalue weighted by molar-refractivity contribution is 0.700. The van der Waals surface area contributed by atoms with Crippen LogP contribution in [0.5, 0.6) is 0 Å². The molecule has 0 unspecified atom stereocenters. The van der Waals surface area contributed by atoms with Gasteiger partial charge >= 0.3 is 0 Å². The summed E-state index contributed by atoms with van der Waals surface area (Å²) in [6.07, 6.45) is 9.48. The lowest BCUT2D eigenvalue weighted by atomic mass is 9.86. The zero-order valence-corrected chi connectivity index (χ0v) is 15.2. The van der Waals surface area contributed by atoms with Crippen LogP contribution in [0.2, 0.25) is 0 Å². The average Bonchev–Trinajstić information content (AvgIpc) is 2.71. The molecule has 0 heterocycles. The molecular weight excluding hydrogens is 312 g/mol. The SMILES string of the molecule is C1=C\[C@H](c2ccccc2)CCc2ccc(cc2)CC[C@H]/1c1ccccc1. The summed E-state index contributed by atoms with van der Waals surface area (Å²) in [6.45, 7) is 0. The smallest absolute Gasteiger partial charge is 0.00213 e. The van der Waals surface area contributed by atoms with Gasteiger partial charge in [0.25, 0.3) is 0 Å². The molecule has 130 valence electrons. The van der Waals surface area contributed by atoms with Crippen LogP contribution in [0.15, 0.2) is 97.1 Å². The van der Waals surface area contributed by atoms with Crippen molar-refractivity contribution in [1.82, 2.24) is 0 Å². The third kappa shape index (κ3) is 4.14. The standard InChI is InChI=1S/C26H26/c1-3-7-23(8-4-1)25-17-15-21-11-13-22(14-12-21)16-18-26(20-19-25)24-9-5-2-6-10-24/h1-14,19-20,25-26H,15-18H2/b20-19-/t25-,26-/m1/s1. The Morgan fingerprint density at radius 1 is 0.462 bits per heavy atom. The van der Waals surface area contributed by atoms with Gasteiger partial charge in [-0.3, -0.25) is 0 Å². The zero-order chi connectivity index (χ0) is 17.6. The van der Waals surface area contributed by atoms with Crippen LogP contribution < -0.4 is 0 Å². The molecule has 2 aliphatic carbocycles. The first kappa shape index (κ1) is 16.8. The van der Waals surface area contributed by atoms with Crippen molar-refractivity contribution < 1.29 is 0 Å². The molecule has 0 radical (unpaired) electrons. The van der Waals surface area contributed by atoms with Crippen molar-refractivity contribution in [3.63, 3.8) is 0 Å². The Morgan fingerprint density at radius 2 is 0.846 bits per heavy atom. The minimum atomic E-state index is 0.474. The van der Waals surface area contributed by atoms with Gasteiger partial charge in [0, 0.05) is 11.8 Å². The van der Waals surface area contributed by atoms with Crippen molar-refractivity contribution in [3.05, 3.63) is 119 Å². The molecule has 0 nitrogen and oxygen atoms in total. The highest BCUT2D eigenvalue weighted by Gasteiger charge is 2.13. The second-order valence-corrected chi connectivity index (χ2v) is 7.31. The number of rotatable bonds is 2. The van der Waals surface area contributed by atoms with Crippen LogP contribution in [0.1, 0.15) is 46.9 Å². The molecular formula is C26H26. The third-order valence-corrected chi connectivity index (χ3v) is 5.54. The molecule has 0 heteroatoms. The molecule has 0 saturated heterocycles. The summed E-state index contributed by atoms with van der Waals surface area (Å²) in [5, 5.41) is 0. The maximum atomic E-state index is 2.46. The first-order chi connectivity index (χ1) is 12.9. The monoisotopic (exact) mass is 338 g/mol. The van der Waals surface area contributed by atoms with Crippen LogP contribution in [-0.2, 0) is 12.8 Å². The molecule has 2 bridgehead atoms. The summed E-state index contributed by atoms with van der Waals surface area (Å²) < 4.78 is 0. The minimum Gasteiger partial charge on any atom is -0.0804 e. The van der Waals surface area contributed by atoms with Gasteiger partial charge < -0.3 is 0 Å². The summed E-state index contributed by atoms with van der Waals surface area (Å²) in [5.41, 5.74) is 5.74. The topological polar surface area (TPSA) is 0 Å². The van der Waals surface area contributed by atoms with E-state index in [1.54, 1.807) is 0 Å². The highest BCUT2D eigenvalue weighted by Crippen LogP contribution is 2.29. The van der Waals surface area contributed by atoms with Crippen molar-refractivity contribution in [3.8, 4) is 0 Å². The molecule has 3 aromatic rings. The van der Waals surface area contributed by atoms with Gasteiger partial charge in [-0.25, -0.2) is 0 Å². The van der Waals surface area contributed by atoms with E-state index in [9.17, 15) is 0 Å². The minimum absolute atomic E-state index is 0.474. The van der Waals surface area contributed by atoms with Gasteiger partial charge in [-0.05, 0) is 47.9 Å². The molecule has 0 amide bonds. The summed E-state index contributed by atoms with van der Waals surface area (Å²) in [7, 11) is 0. The maximum absolute atomic E-state index is 2.46. The van der Waals surface area contributed by atoms with E-state index >= 15 is 0 Å². The summed E-state index contributed by atoms with van der Waals surface area (Å²) in [6, 6.07) is 31.2. The fourth-order valence-electron chi connectivity index (χ4n) is 3.93. The molecule has 0 saturated carbocycles. The molecule has 0 fully saturated rings. The van der Waals surface area contributed by atoms with Crippen molar-refractivity contribution in [2.75, 3.05) is 0 Å². The predicted molar refractivity (Wildman–Crippen MR) is 111 cm³/mol. The third-order valence-electron chi connectivity index (χ3n) is 5.54. The molecule has 0 aromatic heterocycles. The highest BCUT2D eigenvalue weighted by molar-refractivity contribution is 5.30. The van der Waals surface area contributed by atoms with Crippen LogP contribution in [0.4, 0.5) is 0 Å². The lowest BCUT2D eigenvalue weighted by Crippen LogP contribution is -2.03. The normalized spacial score (nSPS) is 21.5. The van der Waals surface area contributed by atoms with E-state index in [-0.39, 0.29) is 0 Å². The number of hydrogen-bond donors (Lipinski definition) is 0. The average molecular weight is 338 g/mol. The number of benzene rings is 3. The van der Waals surface area contributed by atoms with E-state index in [2.05, 4.69) is 97.1 Å². The van der Waals surface area contributed by atoms with Gasteiger partial charge in [-0.15, -0.1) is 0 Å². The summed E-state index contributed by atoms with van der Waals surface area (Å²) in [5.74, 6) is 0.947. The van der Waals surface area contributed by atoms with Crippen LogP contribution in [0.25, 0.3) is 0 Å². The number of hydrogen-bond acceptors (Lipinski definition) is 0. The molecule has 0 N–H and O–H groups in total. The van der Waals surface area contributed by atoms with E-state index in [0.717, 1.165) is 25.7 Å². The van der Waals surface area contributed by atoms with Gasteiger partial charge in [0.15, 0.2) is 0 Å². The Bertz CT molecular complexity index is 756. The number of aryl methyl sites for hydroxylation is 2. The second-order valence-electron chi connectivity index (χ2n) is 7.31. The van der Waals surface area contributed by atoms with Gasteiger partial charge in [-0.2, -0.15) is 0 Å². The molecule has 0 spiro atoms. The first-order valence-corrected chi connectivity index (χ1v) is 9.74. The maximum Gasteiger partial charge on any atom is 0.00213 e. The molecule has 0 aliphatic heterocycles. The quantitative estimate of drug-likeness (QED) is 0.457. The summed E-state index contributed by atoms with van der Waals surface area (Å²) >= 11 is 0. The molecule has 2 atom stereocenters. The van der Waals surface area contributed by atoms with Gasteiger partial charge in [0.1, 0.15) is 0 Å². The Hall–Kier alpha value is -2.60. The highest BCUT2D eigenvalue weighted by atomic mass is 14.2. The molecule has 5 rings (SSSR count). The predicted octanol–water partition coefficient (Wildman–Crippen LogP) is 6.69. The number of fused-ring (bicyclic) bond motifs is 8. The van der Waals surface area contributed by atoms with Crippen molar-refractivity contribution in [2.24, 2.45) is 0 Å². The van der Waals surface area contributed by atoms with Crippen LogP contribution in [-0.4, -0.2) is 0 Å². The van der Waals surface area contributed by atoms with Gasteiger partial charge in [0.05, 0.1) is 0 Å². The molecule has 26 heavy (non-hydrogen) atoms. The summed E-state index contributed by atoms with van der Waals surface area (Å²) in [4.78, 5) is 0. The fraction of sp³-hybridized carbons (Fsp3) is 0.231. The Morgan fingerprint density at radius 3 is 1.23 bits per heavy atom. The fourth-order valence-corrected chi connectivity index (χ4v) is 3.93. The van der Waals surface area contributed by atoms with Crippen molar-refractivity contribution in [2.45, 2.75) is 37.5 Å². The van der Waals surface area contributed by atoms with Crippen LogP contribution in [0.3, 0.4) is 0 Å².